The van der Waals surface area contributed by atoms with Crippen LogP contribution >= 0.6 is 0 Å². The number of carbonyl (C=O) groups excluding carboxylic acids is 2. The highest BCUT2D eigenvalue weighted by Crippen LogP contribution is 2.14. The number of benzene rings is 1. The number of hydrogen-bond donors (Lipinski definition) is 3. The van der Waals surface area contributed by atoms with E-state index in [0.29, 0.717) is 31.0 Å². The SMILES string of the molecule is CCCCCCCCOCCCS(=O)(=O)Nc1ccc(NNC(=O)C(=O)OCC)cc1. The highest BCUT2D eigenvalue weighted by atomic mass is 32.2. The molecule has 0 bridgehead atoms. The standard InChI is InChI=1S/C21H35N3O6S/c1-3-5-6-7-8-9-15-29-16-10-17-31(27,28)24-19-13-11-18(12-14-19)22-23-20(25)21(26)30-4-2/h11-14,22,24H,3-10,15-17H2,1-2H3,(H,23,25). The number of nitrogens with one attached hydrogen (secondary N) is 3. The van der Waals surface area contributed by atoms with Crippen molar-refractivity contribution >= 4 is 33.3 Å². The van der Waals surface area contributed by atoms with Crippen molar-refractivity contribution in [3.05, 3.63) is 24.3 Å². The van der Waals surface area contributed by atoms with Crippen LogP contribution in [0.15, 0.2) is 24.3 Å². The highest BCUT2D eigenvalue weighted by Gasteiger charge is 2.14. The van der Waals surface area contributed by atoms with Crippen molar-refractivity contribution in [1.82, 2.24) is 5.43 Å². The first-order valence-electron chi connectivity index (χ1n) is 10.8. The Balaban J connectivity index is 2.24. The van der Waals surface area contributed by atoms with Gasteiger partial charge in [0.15, 0.2) is 0 Å². The molecule has 0 aliphatic heterocycles. The number of unbranched alkanes of at least 4 members (excludes halogenated alkanes) is 5. The number of sulfonamides is 1. The number of hydrogen-bond acceptors (Lipinski definition) is 7. The Labute approximate surface area is 185 Å². The first-order valence-corrected chi connectivity index (χ1v) is 12.4. The maximum absolute atomic E-state index is 12.2. The molecular weight excluding hydrogens is 422 g/mol. The number of anilines is 2. The van der Waals surface area contributed by atoms with Crippen LogP contribution in [0.2, 0.25) is 0 Å². The van der Waals surface area contributed by atoms with Gasteiger partial charge >= 0.3 is 11.9 Å². The van der Waals surface area contributed by atoms with Crippen molar-refractivity contribution < 1.29 is 27.5 Å². The van der Waals surface area contributed by atoms with E-state index in [2.05, 4.69) is 27.2 Å². The molecule has 1 amide bonds. The van der Waals surface area contributed by atoms with Gasteiger partial charge in [0.1, 0.15) is 0 Å². The summed E-state index contributed by atoms with van der Waals surface area (Å²) in [7, 11) is -3.48. The Hall–Kier alpha value is -2.33. The summed E-state index contributed by atoms with van der Waals surface area (Å²) in [5.74, 6) is -1.94. The number of hydrazine groups is 1. The molecule has 0 unspecified atom stereocenters. The average Bonchev–Trinajstić information content (AvgIpc) is 2.74. The number of amides is 1. The number of rotatable bonds is 16. The molecule has 0 aliphatic rings. The number of ether oxygens (including phenoxy) is 2. The number of esters is 1. The fourth-order valence-electron chi connectivity index (χ4n) is 2.67. The van der Waals surface area contributed by atoms with Crippen molar-refractivity contribution in [2.45, 2.75) is 58.8 Å². The molecule has 0 aliphatic carbocycles. The minimum Gasteiger partial charge on any atom is -0.459 e. The maximum Gasteiger partial charge on any atom is 0.398 e. The predicted molar refractivity (Wildman–Crippen MR) is 121 cm³/mol. The van der Waals surface area contributed by atoms with Gasteiger partial charge in [-0.25, -0.2) is 13.2 Å². The van der Waals surface area contributed by atoms with Gasteiger partial charge < -0.3 is 9.47 Å². The average molecular weight is 458 g/mol. The molecule has 0 radical (unpaired) electrons. The lowest BCUT2D eigenvalue weighted by Crippen LogP contribution is -2.36. The van der Waals surface area contributed by atoms with Gasteiger partial charge in [-0.05, 0) is 44.0 Å². The van der Waals surface area contributed by atoms with Gasteiger partial charge in [-0.15, -0.1) is 0 Å². The molecule has 176 valence electrons. The van der Waals surface area contributed by atoms with E-state index in [9.17, 15) is 18.0 Å². The smallest absolute Gasteiger partial charge is 0.398 e. The van der Waals surface area contributed by atoms with Gasteiger partial charge in [-0.2, -0.15) is 0 Å². The minimum atomic E-state index is -3.48. The maximum atomic E-state index is 12.2. The second kappa shape index (κ2) is 15.5. The normalized spacial score (nSPS) is 11.0. The first kappa shape index (κ1) is 26.7. The van der Waals surface area contributed by atoms with Crippen LogP contribution in [0.1, 0.15) is 58.8 Å². The van der Waals surface area contributed by atoms with E-state index in [1.54, 1.807) is 31.2 Å². The molecule has 0 fully saturated rings. The molecule has 10 heteroatoms. The van der Waals surface area contributed by atoms with E-state index in [4.69, 9.17) is 4.74 Å². The Kier molecular flexibility index (Phi) is 13.3. The molecule has 1 aromatic rings. The largest absolute Gasteiger partial charge is 0.459 e. The summed E-state index contributed by atoms with van der Waals surface area (Å²) in [6.07, 6.45) is 7.57. The molecule has 31 heavy (non-hydrogen) atoms. The Bertz CT molecular complexity index is 753. The lowest BCUT2D eigenvalue weighted by Gasteiger charge is -2.11. The van der Waals surface area contributed by atoms with Crippen LogP contribution in [0.25, 0.3) is 0 Å². The third-order valence-corrected chi connectivity index (χ3v) is 5.66. The van der Waals surface area contributed by atoms with E-state index >= 15 is 0 Å². The highest BCUT2D eigenvalue weighted by molar-refractivity contribution is 7.92. The third-order valence-electron chi connectivity index (χ3n) is 4.28. The molecule has 0 heterocycles. The van der Waals surface area contributed by atoms with Gasteiger partial charge in [0.25, 0.3) is 0 Å². The zero-order chi connectivity index (χ0) is 23.0. The molecule has 0 atom stereocenters. The summed E-state index contributed by atoms with van der Waals surface area (Å²) in [6.45, 7) is 4.98. The summed E-state index contributed by atoms with van der Waals surface area (Å²) in [5.41, 5.74) is 5.62. The molecule has 0 spiro atoms. The van der Waals surface area contributed by atoms with E-state index in [0.717, 1.165) is 12.8 Å². The van der Waals surface area contributed by atoms with Crippen LogP contribution in [-0.2, 0) is 29.1 Å². The van der Waals surface area contributed by atoms with E-state index in [-0.39, 0.29) is 12.4 Å². The lowest BCUT2D eigenvalue weighted by molar-refractivity contribution is -0.154. The number of carbonyl (C=O) groups is 2. The molecule has 3 N–H and O–H groups in total. The first-order chi connectivity index (χ1) is 14.9. The Morgan fingerprint density at radius 3 is 2.16 bits per heavy atom. The van der Waals surface area contributed by atoms with Crippen LogP contribution in [0, 0.1) is 0 Å². The summed E-state index contributed by atoms with van der Waals surface area (Å²) < 4.78 is 36.9. The van der Waals surface area contributed by atoms with E-state index < -0.39 is 21.9 Å². The molecule has 1 rings (SSSR count). The summed E-state index contributed by atoms with van der Waals surface area (Å²) in [6, 6.07) is 6.22. The van der Waals surface area contributed by atoms with E-state index in [1.165, 1.54) is 25.7 Å². The van der Waals surface area contributed by atoms with Gasteiger partial charge in [-0.1, -0.05) is 39.0 Å². The van der Waals surface area contributed by atoms with Crippen LogP contribution in [-0.4, -0.2) is 45.9 Å². The molecule has 1 aromatic carbocycles. The fourth-order valence-corrected chi connectivity index (χ4v) is 3.76. The molecular formula is C21H35N3O6S. The fraction of sp³-hybridized carbons (Fsp3) is 0.619. The van der Waals surface area contributed by atoms with Crippen molar-refractivity contribution in [1.29, 1.82) is 0 Å². The molecule has 9 nitrogen and oxygen atoms in total. The summed E-state index contributed by atoms with van der Waals surface area (Å²) in [5, 5.41) is 0. The van der Waals surface area contributed by atoms with Crippen LogP contribution < -0.4 is 15.6 Å². The van der Waals surface area contributed by atoms with Crippen LogP contribution in [0.4, 0.5) is 11.4 Å². The second-order valence-corrected chi connectivity index (χ2v) is 8.87. The zero-order valence-electron chi connectivity index (χ0n) is 18.4. The predicted octanol–water partition coefficient (Wildman–Crippen LogP) is 3.20. The third kappa shape index (κ3) is 12.8. The summed E-state index contributed by atoms with van der Waals surface area (Å²) in [4.78, 5) is 22.7. The summed E-state index contributed by atoms with van der Waals surface area (Å²) >= 11 is 0. The van der Waals surface area contributed by atoms with Crippen molar-refractivity contribution in [3.8, 4) is 0 Å². The van der Waals surface area contributed by atoms with Crippen molar-refractivity contribution in [3.63, 3.8) is 0 Å². The van der Waals surface area contributed by atoms with Crippen LogP contribution in [0.5, 0.6) is 0 Å². The molecule has 0 saturated heterocycles. The van der Waals surface area contributed by atoms with Gasteiger partial charge in [-0.3, -0.25) is 20.4 Å². The zero-order valence-corrected chi connectivity index (χ0v) is 19.3. The topological polar surface area (TPSA) is 123 Å². The van der Waals surface area contributed by atoms with Crippen molar-refractivity contribution in [2.75, 3.05) is 35.7 Å². The van der Waals surface area contributed by atoms with Gasteiger partial charge in [0.05, 0.1) is 18.0 Å². The Morgan fingerprint density at radius 1 is 0.871 bits per heavy atom. The quantitative estimate of drug-likeness (QED) is 0.151. The van der Waals surface area contributed by atoms with Gasteiger partial charge in [0.2, 0.25) is 10.0 Å². The van der Waals surface area contributed by atoms with Crippen LogP contribution in [0.3, 0.4) is 0 Å². The monoisotopic (exact) mass is 457 g/mol. The van der Waals surface area contributed by atoms with Gasteiger partial charge in [0, 0.05) is 18.9 Å². The lowest BCUT2D eigenvalue weighted by atomic mass is 10.1. The van der Waals surface area contributed by atoms with E-state index in [1.807, 2.05) is 0 Å². The second-order valence-electron chi connectivity index (χ2n) is 7.03. The Morgan fingerprint density at radius 2 is 1.48 bits per heavy atom. The molecule has 0 aromatic heterocycles. The minimum absolute atomic E-state index is 0.0287. The van der Waals surface area contributed by atoms with Crippen molar-refractivity contribution in [2.24, 2.45) is 0 Å². The molecule has 0 saturated carbocycles.